The van der Waals surface area contributed by atoms with Crippen LogP contribution in [-0.4, -0.2) is 19.9 Å². The molecule has 0 amide bonds. The normalized spacial score (nSPS) is 10.4. The summed E-state index contributed by atoms with van der Waals surface area (Å²) in [4.78, 5) is 4.16. The molecular weight excluding hydrogens is 178 g/mol. The van der Waals surface area contributed by atoms with Crippen LogP contribution in [0.5, 0.6) is 5.88 Å². The molecule has 0 unspecified atom stereocenters. The number of nitrogens with zero attached hydrogens (tertiary/aromatic N) is 3. The molecule has 2 heterocycles. The molecule has 0 bridgehead atoms. The maximum Gasteiger partial charge on any atom is 0.215 e. The van der Waals surface area contributed by atoms with Crippen molar-refractivity contribution in [2.45, 2.75) is 13.8 Å². The van der Waals surface area contributed by atoms with Crippen LogP contribution in [0.2, 0.25) is 0 Å². The lowest BCUT2D eigenvalue weighted by Gasteiger charge is -2.01. The van der Waals surface area contributed by atoms with E-state index in [4.69, 9.17) is 0 Å². The molecule has 2 aromatic rings. The van der Waals surface area contributed by atoms with Crippen molar-refractivity contribution in [1.82, 2.24) is 14.8 Å². The zero-order valence-electron chi connectivity index (χ0n) is 8.10. The number of hydrogen-bond acceptors (Lipinski definition) is 3. The van der Waals surface area contributed by atoms with Gasteiger partial charge in [-0.3, -0.25) is 0 Å². The zero-order chi connectivity index (χ0) is 10.1. The van der Waals surface area contributed by atoms with Gasteiger partial charge in [-0.1, -0.05) is 6.07 Å². The molecule has 0 atom stereocenters. The Labute approximate surface area is 81.8 Å². The highest BCUT2D eigenvalue weighted by molar-refractivity contribution is 5.29. The summed E-state index contributed by atoms with van der Waals surface area (Å²) in [5.41, 5.74) is 1.85. The summed E-state index contributed by atoms with van der Waals surface area (Å²) < 4.78 is 1.41. The van der Waals surface area contributed by atoms with Gasteiger partial charge in [0.2, 0.25) is 5.88 Å². The molecule has 72 valence electrons. The topological polar surface area (TPSA) is 50.9 Å². The first kappa shape index (κ1) is 8.74. The van der Waals surface area contributed by atoms with E-state index in [1.165, 1.54) is 4.68 Å². The highest BCUT2D eigenvalue weighted by Gasteiger charge is 2.05. The van der Waals surface area contributed by atoms with E-state index in [-0.39, 0.29) is 5.88 Å². The van der Waals surface area contributed by atoms with E-state index >= 15 is 0 Å². The lowest BCUT2D eigenvalue weighted by molar-refractivity contribution is 0.432. The summed E-state index contributed by atoms with van der Waals surface area (Å²) in [5.74, 6) is 0.736. The first-order chi connectivity index (χ1) is 6.66. The van der Waals surface area contributed by atoms with Crippen LogP contribution in [0.3, 0.4) is 0 Å². The van der Waals surface area contributed by atoms with Crippen LogP contribution >= 0.6 is 0 Å². The monoisotopic (exact) mass is 189 g/mol. The van der Waals surface area contributed by atoms with Crippen LogP contribution in [0.15, 0.2) is 24.4 Å². The molecule has 2 rings (SSSR count). The van der Waals surface area contributed by atoms with Crippen LogP contribution in [-0.2, 0) is 0 Å². The third kappa shape index (κ3) is 1.46. The van der Waals surface area contributed by atoms with Gasteiger partial charge in [0.1, 0.15) is 0 Å². The standard InChI is InChI=1S/C10H11N3O/c1-7-3-4-9(11-6-7)13-10(14)5-8(2)12-13/h3-6,14H,1-2H3. The van der Waals surface area contributed by atoms with Gasteiger partial charge in [0.05, 0.1) is 5.69 Å². The van der Waals surface area contributed by atoms with Crippen molar-refractivity contribution in [3.8, 4) is 11.7 Å². The van der Waals surface area contributed by atoms with Gasteiger partial charge in [0, 0.05) is 12.3 Å². The Balaban J connectivity index is 2.49. The fraction of sp³-hybridized carbons (Fsp3) is 0.200. The lowest BCUT2D eigenvalue weighted by atomic mass is 10.3. The Kier molecular flexibility index (Phi) is 1.96. The van der Waals surface area contributed by atoms with Gasteiger partial charge >= 0.3 is 0 Å². The van der Waals surface area contributed by atoms with Crippen LogP contribution in [0.25, 0.3) is 5.82 Å². The lowest BCUT2D eigenvalue weighted by Crippen LogP contribution is -1.98. The molecule has 4 nitrogen and oxygen atoms in total. The molecule has 0 fully saturated rings. The minimum Gasteiger partial charge on any atom is -0.493 e. The van der Waals surface area contributed by atoms with E-state index < -0.39 is 0 Å². The number of hydrogen-bond donors (Lipinski definition) is 1. The summed E-state index contributed by atoms with van der Waals surface area (Å²) in [6, 6.07) is 5.35. The van der Waals surface area contributed by atoms with Crippen molar-refractivity contribution < 1.29 is 5.11 Å². The van der Waals surface area contributed by atoms with Crippen LogP contribution in [0.4, 0.5) is 0 Å². The smallest absolute Gasteiger partial charge is 0.215 e. The third-order valence-electron chi connectivity index (χ3n) is 1.93. The molecule has 14 heavy (non-hydrogen) atoms. The molecule has 4 heteroatoms. The Morgan fingerprint density at radius 3 is 2.57 bits per heavy atom. The number of pyridine rings is 1. The Morgan fingerprint density at radius 2 is 2.07 bits per heavy atom. The number of aromatic nitrogens is 3. The number of rotatable bonds is 1. The van der Waals surface area contributed by atoms with Crippen LogP contribution < -0.4 is 0 Å². The maximum absolute atomic E-state index is 9.51. The minimum atomic E-state index is 0.110. The number of aryl methyl sites for hydroxylation is 2. The SMILES string of the molecule is Cc1ccc(-n2nc(C)cc2O)nc1. The van der Waals surface area contributed by atoms with Crippen molar-refractivity contribution >= 4 is 0 Å². The fourth-order valence-electron chi connectivity index (χ4n) is 1.24. The highest BCUT2D eigenvalue weighted by atomic mass is 16.3. The predicted molar refractivity (Wildman–Crippen MR) is 52.5 cm³/mol. The van der Waals surface area contributed by atoms with Crippen molar-refractivity contribution in [2.75, 3.05) is 0 Å². The molecule has 0 saturated heterocycles. The molecule has 0 spiro atoms. The predicted octanol–water partition coefficient (Wildman–Crippen LogP) is 1.59. The average Bonchev–Trinajstić information content (AvgIpc) is 2.47. The van der Waals surface area contributed by atoms with E-state index in [2.05, 4.69) is 10.1 Å². The summed E-state index contributed by atoms with van der Waals surface area (Å²) in [5, 5.41) is 13.6. The van der Waals surface area contributed by atoms with E-state index in [0.717, 1.165) is 11.3 Å². The molecule has 1 N–H and O–H groups in total. The highest BCUT2D eigenvalue weighted by Crippen LogP contribution is 2.15. The maximum atomic E-state index is 9.51. The van der Waals surface area contributed by atoms with E-state index in [1.54, 1.807) is 12.3 Å². The quantitative estimate of drug-likeness (QED) is 0.741. The van der Waals surface area contributed by atoms with Crippen LogP contribution in [0, 0.1) is 13.8 Å². The fourth-order valence-corrected chi connectivity index (χ4v) is 1.24. The van der Waals surface area contributed by atoms with Gasteiger partial charge in [-0.2, -0.15) is 9.78 Å². The Hall–Kier alpha value is -1.84. The Bertz CT molecular complexity index is 445. The van der Waals surface area contributed by atoms with Crippen molar-refractivity contribution in [2.24, 2.45) is 0 Å². The Morgan fingerprint density at radius 1 is 1.29 bits per heavy atom. The second kappa shape index (κ2) is 3.14. The molecule has 0 aliphatic rings. The second-order valence-electron chi connectivity index (χ2n) is 3.25. The molecule has 0 aliphatic carbocycles. The van der Waals surface area contributed by atoms with Gasteiger partial charge < -0.3 is 5.11 Å². The zero-order valence-corrected chi connectivity index (χ0v) is 8.10. The molecular formula is C10H11N3O. The van der Waals surface area contributed by atoms with Crippen molar-refractivity contribution in [3.63, 3.8) is 0 Å². The van der Waals surface area contributed by atoms with Crippen molar-refractivity contribution in [3.05, 3.63) is 35.7 Å². The first-order valence-electron chi connectivity index (χ1n) is 4.35. The van der Waals surface area contributed by atoms with Gasteiger partial charge in [-0.05, 0) is 25.5 Å². The van der Waals surface area contributed by atoms with Gasteiger partial charge in [-0.15, -0.1) is 0 Å². The second-order valence-corrected chi connectivity index (χ2v) is 3.25. The number of aromatic hydroxyl groups is 1. The van der Waals surface area contributed by atoms with Gasteiger partial charge in [0.25, 0.3) is 0 Å². The average molecular weight is 189 g/mol. The summed E-state index contributed by atoms with van der Waals surface area (Å²) >= 11 is 0. The minimum absolute atomic E-state index is 0.110. The largest absolute Gasteiger partial charge is 0.493 e. The van der Waals surface area contributed by atoms with E-state index in [1.807, 2.05) is 26.0 Å². The van der Waals surface area contributed by atoms with Crippen molar-refractivity contribution in [1.29, 1.82) is 0 Å². The summed E-state index contributed by atoms with van der Waals surface area (Å²) in [6.07, 6.45) is 1.74. The molecule has 0 aromatic carbocycles. The first-order valence-corrected chi connectivity index (χ1v) is 4.35. The van der Waals surface area contributed by atoms with E-state index in [9.17, 15) is 5.11 Å². The third-order valence-corrected chi connectivity index (χ3v) is 1.93. The van der Waals surface area contributed by atoms with Gasteiger partial charge in [0.15, 0.2) is 5.82 Å². The molecule has 0 aliphatic heterocycles. The summed E-state index contributed by atoms with van der Waals surface area (Å²) in [7, 11) is 0. The summed E-state index contributed by atoms with van der Waals surface area (Å²) in [6.45, 7) is 3.79. The van der Waals surface area contributed by atoms with E-state index in [0.29, 0.717) is 5.82 Å². The molecule has 2 aromatic heterocycles. The molecule has 0 saturated carbocycles. The van der Waals surface area contributed by atoms with Crippen LogP contribution in [0.1, 0.15) is 11.3 Å². The van der Waals surface area contributed by atoms with Gasteiger partial charge in [-0.25, -0.2) is 4.98 Å². The molecule has 0 radical (unpaired) electrons.